The molecule has 0 aliphatic carbocycles. The molecule has 0 saturated heterocycles. The highest BCUT2D eigenvalue weighted by atomic mass is 16.6. The number of benzene rings is 4. The Bertz CT molecular complexity index is 3110. The molecule has 594 valence electrons. The van der Waals surface area contributed by atoms with E-state index in [1.54, 1.807) is 54.6 Å². The van der Waals surface area contributed by atoms with E-state index in [2.05, 4.69) is 5.32 Å². The minimum atomic E-state index is -1.03. The summed E-state index contributed by atoms with van der Waals surface area (Å²) >= 11 is 0. The summed E-state index contributed by atoms with van der Waals surface area (Å²) in [5.41, 5.74) is 2.44. The van der Waals surface area contributed by atoms with Crippen LogP contribution in [0, 0.1) is 0 Å². The van der Waals surface area contributed by atoms with Crippen LogP contribution >= 0.6 is 0 Å². The Morgan fingerprint density at radius 1 is 0.290 bits per heavy atom. The molecule has 0 aliphatic rings. The highest BCUT2D eigenvalue weighted by molar-refractivity contribution is 5.94. The van der Waals surface area contributed by atoms with Crippen LogP contribution in [0.4, 0.5) is 0 Å². The van der Waals surface area contributed by atoms with Gasteiger partial charge in [-0.1, -0.05) is 30.3 Å². The zero-order valence-corrected chi connectivity index (χ0v) is 60.6. The van der Waals surface area contributed by atoms with Gasteiger partial charge in [0.1, 0.15) is 49.4 Å². The minimum Gasteiger partial charge on any atom is -0.486 e. The van der Waals surface area contributed by atoms with E-state index in [-0.39, 0.29) is 236 Å². The van der Waals surface area contributed by atoms with E-state index in [1.165, 1.54) is 12.1 Å². The number of nitrogens with one attached hydrogen (secondary N) is 1. The van der Waals surface area contributed by atoms with Crippen molar-refractivity contribution in [2.75, 3.05) is 205 Å². The summed E-state index contributed by atoms with van der Waals surface area (Å²) in [6, 6.07) is 23.5. The SMILES string of the molecule is O=C(O)CCOCCNC(=O)COc1cc(OCC(=O)CCCOCCOCCOCCOCCC(=O)O)cc(-c2cc(C(=O)OCc3ccccc3)cc(-c3cc(OCC(=O)CCCOCCOCCOCCOCCC(=O)O)cc(OCC(=O)CCCOCCOCCOCCOCCC(=O)O)c3)c2)c1. The van der Waals surface area contributed by atoms with Gasteiger partial charge in [-0.25, -0.2) is 4.79 Å². The Morgan fingerprint density at radius 2 is 0.570 bits per heavy atom. The van der Waals surface area contributed by atoms with Crippen molar-refractivity contribution in [1.29, 1.82) is 0 Å². The molecule has 0 fully saturated rings. The standard InChI is InChI=1S/C75H103NO31/c77-63(9-4-17-90-25-31-97-37-40-100-34-28-94-21-13-72(83)84)53-103-66-46-60(47-67(50-66)104-54-64(78)10-5-18-91-26-32-98-38-41-101-35-29-95-22-14-73(85)86)58-43-59(45-62(44-58)75(89)107-52-57-7-2-1-3-8-57)61-48-68(51-69(49-61)106-56-70(80)76-16-24-93-20-12-71(81)82)105-55-65(79)11-6-19-92-27-33-99-39-42-102-36-30-96-23-15-74(87)88/h1-3,7-8,43-51H,4-6,9-42,52-56H2,(H,76,80)(H,81,82)(H,83,84)(H,85,86)(H,87,88). The number of carbonyl (C=O) groups is 9. The van der Waals surface area contributed by atoms with Gasteiger partial charge in [0, 0.05) is 57.8 Å². The number of Topliss-reactive ketones (excluding diaryl/α,β-unsaturated/α-hetero) is 3. The van der Waals surface area contributed by atoms with E-state index in [4.69, 9.17) is 106 Å². The van der Waals surface area contributed by atoms with Gasteiger partial charge in [0.15, 0.2) is 24.0 Å². The molecule has 0 atom stereocenters. The molecule has 32 heteroatoms. The summed E-state index contributed by atoms with van der Waals surface area (Å²) in [5, 5.41) is 37.7. The zero-order chi connectivity index (χ0) is 77.0. The Balaban J connectivity index is 1.52. The zero-order valence-electron chi connectivity index (χ0n) is 60.6. The van der Waals surface area contributed by atoms with E-state index in [1.807, 2.05) is 18.2 Å². The van der Waals surface area contributed by atoms with Crippen molar-refractivity contribution in [1.82, 2.24) is 5.32 Å². The number of rotatable bonds is 71. The van der Waals surface area contributed by atoms with Gasteiger partial charge in [-0.15, -0.1) is 0 Å². The van der Waals surface area contributed by atoms with E-state index in [0.29, 0.717) is 101 Å². The van der Waals surface area contributed by atoms with Gasteiger partial charge in [-0.3, -0.25) is 38.4 Å². The fraction of sp³-hybridized carbons (Fsp3) is 0.560. The van der Waals surface area contributed by atoms with E-state index >= 15 is 0 Å². The topological polar surface area (TPSA) is 413 Å². The number of ether oxygens (including phenoxy) is 18. The van der Waals surface area contributed by atoms with Gasteiger partial charge in [0.2, 0.25) is 0 Å². The lowest BCUT2D eigenvalue weighted by Gasteiger charge is -2.16. The molecule has 0 aromatic heterocycles. The van der Waals surface area contributed by atoms with Crippen LogP contribution in [0.3, 0.4) is 0 Å². The molecule has 4 aromatic carbocycles. The van der Waals surface area contributed by atoms with Crippen LogP contribution in [-0.2, 0) is 111 Å². The van der Waals surface area contributed by atoms with Crippen molar-refractivity contribution >= 4 is 53.1 Å². The van der Waals surface area contributed by atoms with Gasteiger partial charge in [-0.05, 0) is 89.5 Å². The quantitative estimate of drug-likeness (QED) is 0.0243. The summed E-state index contributed by atoms with van der Waals surface area (Å²) in [5.74, 6) is -5.19. The van der Waals surface area contributed by atoms with Gasteiger partial charge in [0.05, 0.1) is 183 Å². The first-order chi connectivity index (χ1) is 52.0. The third-order valence-electron chi connectivity index (χ3n) is 14.4. The Hall–Kier alpha value is -8.61. The molecule has 0 spiro atoms. The molecule has 5 N–H and O–H groups in total. The second-order valence-electron chi connectivity index (χ2n) is 23.2. The van der Waals surface area contributed by atoms with Crippen molar-refractivity contribution in [2.24, 2.45) is 0 Å². The second-order valence-corrected chi connectivity index (χ2v) is 23.2. The number of hydrogen-bond donors (Lipinski definition) is 5. The molecule has 32 nitrogen and oxygen atoms in total. The third-order valence-corrected chi connectivity index (χ3v) is 14.4. The lowest BCUT2D eigenvalue weighted by Crippen LogP contribution is -2.31. The first kappa shape index (κ1) is 90.8. The second kappa shape index (κ2) is 59.4. The molecule has 4 rings (SSSR count). The monoisotopic (exact) mass is 1510 g/mol. The molecular formula is C75H103NO31. The fourth-order valence-corrected chi connectivity index (χ4v) is 9.01. The van der Waals surface area contributed by atoms with Crippen molar-refractivity contribution in [2.45, 2.75) is 70.8 Å². The smallest absolute Gasteiger partial charge is 0.338 e. The normalized spacial score (nSPS) is 11.1. The summed E-state index contributed by atoms with van der Waals surface area (Å²) in [4.78, 5) is 110. The number of carbonyl (C=O) groups excluding carboxylic acids is 5. The van der Waals surface area contributed by atoms with Gasteiger partial charge in [-0.2, -0.15) is 0 Å². The molecule has 0 heterocycles. The summed E-state index contributed by atoms with van der Waals surface area (Å²) in [7, 11) is 0. The average molecular weight is 1510 g/mol. The number of ketones is 3. The molecule has 0 unspecified atom stereocenters. The Labute approximate surface area is 621 Å². The molecular weight excluding hydrogens is 1410 g/mol. The number of hydrogen-bond acceptors (Lipinski definition) is 27. The van der Waals surface area contributed by atoms with Crippen LogP contribution in [0.2, 0.25) is 0 Å². The summed E-state index contributed by atoms with van der Waals surface area (Å²) in [6.45, 7) is 4.74. The molecule has 0 aliphatic heterocycles. The summed E-state index contributed by atoms with van der Waals surface area (Å²) < 4.78 is 101. The maximum Gasteiger partial charge on any atom is 0.338 e. The highest BCUT2D eigenvalue weighted by Crippen LogP contribution is 2.37. The van der Waals surface area contributed by atoms with Gasteiger partial charge < -0.3 is 111 Å². The average Bonchev–Trinajstić information content (AvgIpc) is 0.794. The molecule has 0 saturated carbocycles. The van der Waals surface area contributed by atoms with E-state index < -0.39 is 42.4 Å². The van der Waals surface area contributed by atoms with Crippen LogP contribution < -0.4 is 24.3 Å². The van der Waals surface area contributed by atoms with Crippen LogP contribution in [0.15, 0.2) is 84.9 Å². The maximum absolute atomic E-state index is 14.3. The first-order valence-corrected chi connectivity index (χ1v) is 35.4. The number of carboxylic acids is 4. The van der Waals surface area contributed by atoms with E-state index in [9.17, 15) is 43.2 Å². The van der Waals surface area contributed by atoms with Crippen LogP contribution in [0.5, 0.6) is 23.0 Å². The van der Waals surface area contributed by atoms with Crippen LogP contribution in [-0.4, -0.2) is 278 Å². The number of amides is 1. The third kappa shape index (κ3) is 48.3. The molecule has 0 bridgehead atoms. The van der Waals surface area contributed by atoms with Crippen LogP contribution in [0.1, 0.15) is 80.1 Å². The summed E-state index contributed by atoms with van der Waals surface area (Å²) in [6.07, 6.45) is 1.01. The van der Waals surface area contributed by atoms with Crippen molar-refractivity contribution in [3.05, 3.63) is 96.1 Å². The first-order valence-electron chi connectivity index (χ1n) is 35.4. The number of esters is 1. The van der Waals surface area contributed by atoms with Crippen molar-refractivity contribution in [3.63, 3.8) is 0 Å². The van der Waals surface area contributed by atoms with Crippen molar-refractivity contribution in [3.8, 4) is 45.3 Å². The van der Waals surface area contributed by atoms with Crippen molar-refractivity contribution < 1.29 is 149 Å². The molecule has 4 aromatic rings. The lowest BCUT2D eigenvalue weighted by molar-refractivity contribution is -0.139. The van der Waals surface area contributed by atoms with Gasteiger partial charge in [0.25, 0.3) is 5.91 Å². The number of aliphatic carboxylic acids is 4. The Morgan fingerprint density at radius 3 is 0.888 bits per heavy atom. The predicted octanol–water partition coefficient (Wildman–Crippen LogP) is 6.17. The lowest BCUT2D eigenvalue weighted by atomic mass is 9.95. The van der Waals surface area contributed by atoms with Gasteiger partial charge >= 0.3 is 29.8 Å². The molecule has 107 heavy (non-hydrogen) atoms. The fourth-order valence-electron chi connectivity index (χ4n) is 9.01. The molecule has 0 radical (unpaired) electrons. The molecule has 1 amide bonds. The Kier molecular flexibility index (Phi) is 50.4. The minimum absolute atomic E-state index is 0.0436. The highest BCUT2D eigenvalue weighted by Gasteiger charge is 2.19. The predicted molar refractivity (Wildman–Crippen MR) is 380 cm³/mol. The van der Waals surface area contributed by atoms with Crippen LogP contribution in [0.25, 0.3) is 22.3 Å². The maximum atomic E-state index is 14.3. The largest absolute Gasteiger partial charge is 0.486 e. The van der Waals surface area contributed by atoms with E-state index in [0.717, 1.165) is 5.56 Å². The number of carboxylic acid groups (broad SMARTS) is 4.